The second-order valence-electron chi connectivity index (χ2n) is 5.91. The lowest BCUT2D eigenvalue weighted by atomic mass is 9.89. The van der Waals surface area contributed by atoms with Crippen LogP contribution in [0.4, 0.5) is 4.39 Å². The van der Waals surface area contributed by atoms with Crippen molar-refractivity contribution in [2.45, 2.75) is 6.61 Å². The fourth-order valence-electron chi connectivity index (χ4n) is 3.34. The number of benzene rings is 3. The van der Waals surface area contributed by atoms with E-state index < -0.39 is 5.97 Å². The minimum Gasteiger partial charge on any atom is -0.507 e. The summed E-state index contributed by atoms with van der Waals surface area (Å²) < 4.78 is 29.2. The van der Waals surface area contributed by atoms with Gasteiger partial charge in [-0.25, -0.2) is 9.18 Å². The smallest absolute Gasteiger partial charge is 0.339 e. The van der Waals surface area contributed by atoms with Crippen LogP contribution in [0.1, 0.15) is 15.9 Å². The minimum atomic E-state index is -0.522. The van der Waals surface area contributed by atoms with Gasteiger partial charge in [-0.2, -0.15) is 0 Å². The van der Waals surface area contributed by atoms with Crippen LogP contribution in [0.5, 0.6) is 17.2 Å². The molecule has 0 unspecified atom stereocenters. The number of rotatable bonds is 3. The molecule has 0 saturated carbocycles. The SMILES string of the molecule is COc1cc2c(O)c3c(c(-c4ccc(F)cc4)c2cc1OC)C(=O)OC3. The summed E-state index contributed by atoms with van der Waals surface area (Å²) in [5.41, 5.74) is 1.90. The largest absolute Gasteiger partial charge is 0.507 e. The number of hydrogen-bond acceptors (Lipinski definition) is 5. The normalized spacial score (nSPS) is 12.8. The number of methoxy groups -OCH3 is 2. The molecule has 0 aromatic heterocycles. The summed E-state index contributed by atoms with van der Waals surface area (Å²) in [7, 11) is 3.00. The van der Waals surface area contributed by atoms with Crippen LogP contribution in [0.25, 0.3) is 21.9 Å². The maximum absolute atomic E-state index is 13.4. The molecule has 0 spiro atoms. The molecule has 3 aromatic carbocycles. The fourth-order valence-corrected chi connectivity index (χ4v) is 3.34. The Kier molecular flexibility index (Phi) is 3.68. The van der Waals surface area contributed by atoms with Crippen molar-refractivity contribution in [3.8, 4) is 28.4 Å². The van der Waals surface area contributed by atoms with Gasteiger partial charge in [0.05, 0.1) is 19.8 Å². The molecular weight excluding hydrogens is 339 g/mol. The Morgan fingerprint density at radius 1 is 1.00 bits per heavy atom. The fraction of sp³-hybridized carbons (Fsp3) is 0.150. The molecule has 1 aliphatic heterocycles. The maximum atomic E-state index is 13.4. The molecule has 1 aliphatic rings. The van der Waals surface area contributed by atoms with Crippen molar-refractivity contribution in [1.29, 1.82) is 0 Å². The lowest BCUT2D eigenvalue weighted by molar-refractivity contribution is 0.0535. The Hall–Kier alpha value is -3.28. The molecule has 0 radical (unpaired) electrons. The monoisotopic (exact) mass is 354 g/mol. The summed E-state index contributed by atoms with van der Waals surface area (Å²) in [5, 5.41) is 11.8. The average molecular weight is 354 g/mol. The highest BCUT2D eigenvalue weighted by molar-refractivity contribution is 6.13. The topological polar surface area (TPSA) is 65.0 Å². The third kappa shape index (κ3) is 2.26. The highest BCUT2D eigenvalue weighted by Crippen LogP contribution is 2.47. The number of aromatic hydroxyl groups is 1. The molecule has 1 N–H and O–H groups in total. The van der Waals surface area contributed by atoms with Gasteiger partial charge in [0.15, 0.2) is 11.5 Å². The Bertz CT molecular complexity index is 1040. The number of hydrogen-bond donors (Lipinski definition) is 1. The molecule has 3 aromatic rings. The van der Waals surface area contributed by atoms with E-state index in [2.05, 4.69) is 0 Å². The van der Waals surface area contributed by atoms with Gasteiger partial charge in [0, 0.05) is 16.5 Å². The Morgan fingerprint density at radius 3 is 2.23 bits per heavy atom. The first-order valence-electron chi connectivity index (χ1n) is 7.91. The van der Waals surface area contributed by atoms with Crippen molar-refractivity contribution in [3.63, 3.8) is 0 Å². The van der Waals surface area contributed by atoms with Gasteiger partial charge in [-0.05, 0) is 35.2 Å². The van der Waals surface area contributed by atoms with E-state index in [9.17, 15) is 14.3 Å². The number of cyclic esters (lactones) is 1. The number of phenols is 1. The van der Waals surface area contributed by atoms with Crippen LogP contribution < -0.4 is 9.47 Å². The van der Waals surface area contributed by atoms with Crippen molar-refractivity contribution in [2.75, 3.05) is 14.2 Å². The van der Waals surface area contributed by atoms with E-state index >= 15 is 0 Å². The lowest BCUT2D eigenvalue weighted by Gasteiger charge is -2.16. The second kappa shape index (κ2) is 5.91. The Morgan fingerprint density at radius 2 is 1.62 bits per heavy atom. The number of ether oxygens (including phenoxy) is 3. The van der Waals surface area contributed by atoms with Gasteiger partial charge < -0.3 is 19.3 Å². The molecule has 0 aliphatic carbocycles. The van der Waals surface area contributed by atoms with Crippen LogP contribution in [-0.2, 0) is 11.3 Å². The van der Waals surface area contributed by atoms with Gasteiger partial charge in [0.1, 0.15) is 18.2 Å². The van der Waals surface area contributed by atoms with Crippen molar-refractivity contribution >= 4 is 16.7 Å². The molecule has 0 saturated heterocycles. The van der Waals surface area contributed by atoms with Crippen LogP contribution in [0, 0.1) is 5.82 Å². The Balaban J connectivity index is 2.17. The van der Waals surface area contributed by atoms with Crippen LogP contribution in [-0.4, -0.2) is 25.3 Å². The lowest BCUT2D eigenvalue weighted by Crippen LogP contribution is -2.00. The molecule has 5 nitrogen and oxygen atoms in total. The van der Waals surface area contributed by atoms with Crippen molar-refractivity contribution in [3.05, 3.63) is 53.3 Å². The van der Waals surface area contributed by atoms with E-state index in [4.69, 9.17) is 14.2 Å². The van der Waals surface area contributed by atoms with Crippen LogP contribution >= 0.6 is 0 Å². The van der Waals surface area contributed by atoms with Crippen LogP contribution in [0.15, 0.2) is 36.4 Å². The first kappa shape index (κ1) is 16.2. The maximum Gasteiger partial charge on any atom is 0.339 e. The summed E-state index contributed by atoms with van der Waals surface area (Å²) in [6.07, 6.45) is 0. The number of carbonyl (C=O) groups excluding carboxylic acids is 1. The number of esters is 1. The van der Waals surface area contributed by atoms with Crippen molar-refractivity contribution < 1.29 is 28.5 Å². The molecule has 0 bridgehead atoms. The summed E-state index contributed by atoms with van der Waals surface area (Å²) in [4.78, 5) is 12.3. The van der Waals surface area contributed by atoms with E-state index in [0.717, 1.165) is 0 Å². The quantitative estimate of drug-likeness (QED) is 0.719. The van der Waals surface area contributed by atoms with Crippen molar-refractivity contribution in [1.82, 2.24) is 0 Å². The average Bonchev–Trinajstić information content (AvgIpc) is 3.04. The van der Waals surface area contributed by atoms with E-state index in [0.29, 0.717) is 39.0 Å². The molecule has 6 heteroatoms. The molecule has 26 heavy (non-hydrogen) atoms. The third-order valence-electron chi connectivity index (χ3n) is 4.57. The Labute approximate surface area is 148 Å². The van der Waals surface area contributed by atoms with Gasteiger partial charge in [-0.15, -0.1) is 0 Å². The zero-order chi connectivity index (χ0) is 18.4. The first-order valence-corrected chi connectivity index (χ1v) is 7.91. The van der Waals surface area contributed by atoms with E-state index in [1.165, 1.54) is 26.4 Å². The minimum absolute atomic E-state index is 0.0154. The molecule has 132 valence electrons. The highest BCUT2D eigenvalue weighted by atomic mass is 19.1. The summed E-state index contributed by atoms with van der Waals surface area (Å²) in [6, 6.07) is 9.16. The van der Waals surface area contributed by atoms with E-state index in [1.807, 2.05) is 0 Å². The highest BCUT2D eigenvalue weighted by Gasteiger charge is 2.32. The molecule has 0 fully saturated rings. The van der Waals surface area contributed by atoms with Gasteiger partial charge in [-0.1, -0.05) is 12.1 Å². The summed E-state index contributed by atoms with van der Waals surface area (Å²) >= 11 is 0. The van der Waals surface area contributed by atoms with Crippen molar-refractivity contribution in [2.24, 2.45) is 0 Å². The number of halogens is 1. The molecule has 1 heterocycles. The molecular formula is C20H15FO5. The van der Waals surface area contributed by atoms with Crippen LogP contribution in [0.2, 0.25) is 0 Å². The zero-order valence-electron chi connectivity index (χ0n) is 14.1. The van der Waals surface area contributed by atoms with Gasteiger partial charge >= 0.3 is 5.97 Å². The van der Waals surface area contributed by atoms with Crippen LogP contribution in [0.3, 0.4) is 0 Å². The first-order chi connectivity index (χ1) is 12.5. The molecule has 0 amide bonds. The van der Waals surface area contributed by atoms with E-state index in [1.54, 1.807) is 24.3 Å². The van der Waals surface area contributed by atoms with Gasteiger partial charge in [0.25, 0.3) is 0 Å². The predicted molar refractivity (Wildman–Crippen MR) is 93.2 cm³/mol. The summed E-state index contributed by atoms with van der Waals surface area (Å²) in [5.74, 6) is -0.0334. The second-order valence-corrected chi connectivity index (χ2v) is 5.91. The zero-order valence-corrected chi connectivity index (χ0v) is 14.1. The van der Waals surface area contributed by atoms with Gasteiger partial charge in [-0.3, -0.25) is 0 Å². The van der Waals surface area contributed by atoms with E-state index in [-0.39, 0.29) is 23.7 Å². The third-order valence-corrected chi connectivity index (χ3v) is 4.57. The predicted octanol–water partition coefficient (Wildman–Crippen LogP) is 4.04. The number of phenolic OH excluding ortho intramolecular Hbond substituents is 1. The standard InChI is InChI=1S/C20H15FO5/c1-24-15-7-12-13(8-16(15)25-2)19(22)14-9-26-20(23)18(14)17(12)10-3-5-11(21)6-4-10/h3-8,22H,9H2,1-2H3. The number of fused-ring (bicyclic) bond motifs is 2. The van der Waals surface area contributed by atoms with Gasteiger partial charge in [0.2, 0.25) is 0 Å². The number of carbonyl (C=O) groups is 1. The summed E-state index contributed by atoms with van der Waals surface area (Å²) in [6.45, 7) is -0.0154. The molecule has 4 rings (SSSR count). The molecule has 0 atom stereocenters.